The highest BCUT2D eigenvalue weighted by Gasteiger charge is 2.15. The maximum absolute atomic E-state index is 5.48. The van der Waals surface area contributed by atoms with Crippen LogP contribution in [0.25, 0.3) is 0 Å². The summed E-state index contributed by atoms with van der Waals surface area (Å²) in [6, 6.07) is 0. The molecule has 0 aromatic rings. The molecule has 0 bridgehead atoms. The molecule has 0 saturated heterocycles. The molecule has 0 saturated carbocycles. The topological polar surface area (TPSA) is 30.5 Å². The number of hydrogen-bond acceptors (Lipinski definition) is 3. The second kappa shape index (κ2) is 8.21. The summed E-state index contributed by atoms with van der Waals surface area (Å²) >= 11 is 0. The van der Waals surface area contributed by atoms with Crippen molar-refractivity contribution in [1.29, 1.82) is 0 Å². The Morgan fingerprint density at radius 1 is 1.14 bits per heavy atom. The lowest BCUT2D eigenvalue weighted by atomic mass is 10.1. The van der Waals surface area contributed by atoms with Crippen molar-refractivity contribution in [3.05, 3.63) is 0 Å². The number of hydrogen-bond donors (Lipinski definition) is 1. The SMILES string of the molecule is CCCNCCOCCC(C)(C)OC. The van der Waals surface area contributed by atoms with E-state index in [1.807, 2.05) is 0 Å². The van der Waals surface area contributed by atoms with Crippen molar-refractivity contribution in [2.45, 2.75) is 39.2 Å². The quantitative estimate of drug-likeness (QED) is 0.580. The number of ether oxygens (including phenoxy) is 2. The Morgan fingerprint density at radius 3 is 2.43 bits per heavy atom. The van der Waals surface area contributed by atoms with Crippen LogP contribution in [0.4, 0.5) is 0 Å². The Balaban J connectivity index is 3.13. The normalized spacial score (nSPS) is 12.0. The zero-order valence-corrected chi connectivity index (χ0v) is 10.1. The van der Waals surface area contributed by atoms with Gasteiger partial charge in [-0.25, -0.2) is 0 Å². The highest BCUT2D eigenvalue weighted by Crippen LogP contribution is 2.12. The molecule has 0 aromatic carbocycles. The fraction of sp³-hybridized carbons (Fsp3) is 1.00. The molecule has 0 radical (unpaired) electrons. The van der Waals surface area contributed by atoms with Gasteiger partial charge in [-0.3, -0.25) is 0 Å². The third-order valence-electron chi connectivity index (χ3n) is 2.25. The van der Waals surface area contributed by atoms with E-state index in [1.54, 1.807) is 7.11 Å². The highest BCUT2D eigenvalue weighted by atomic mass is 16.5. The molecule has 0 amide bonds. The summed E-state index contributed by atoms with van der Waals surface area (Å²) in [6.07, 6.45) is 2.12. The molecule has 0 fully saturated rings. The molecule has 3 nitrogen and oxygen atoms in total. The van der Waals surface area contributed by atoms with Gasteiger partial charge in [0.05, 0.1) is 12.2 Å². The van der Waals surface area contributed by atoms with E-state index >= 15 is 0 Å². The van der Waals surface area contributed by atoms with Gasteiger partial charge < -0.3 is 14.8 Å². The minimum atomic E-state index is -0.0587. The third kappa shape index (κ3) is 8.48. The lowest BCUT2D eigenvalue weighted by molar-refractivity contribution is -0.00933. The first-order chi connectivity index (χ1) is 6.62. The largest absolute Gasteiger partial charge is 0.380 e. The van der Waals surface area contributed by atoms with Crippen molar-refractivity contribution in [3.63, 3.8) is 0 Å². The molecule has 0 unspecified atom stereocenters. The molecule has 0 aliphatic rings. The van der Waals surface area contributed by atoms with Crippen LogP contribution in [0.1, 0.15) is 33.6 Å². The monoisotopic (exact) mass is 203 g/mol. The summed E-state index contributed by atoms with van der Waals surface area (Å²) in [6.45, 7) is 9.90. The van der Waals surface area contributed by atoms with Crippen LogP contribution in [-0.4, -0.2) is 39.0 Å². The van der Waals surface area contributed by atoms with E-state index in [0.717, 1.165) is 32.7 Å². The fourth-order valence-corrected chi connectivity index (χ4v) is 0.968. The van der Waals surface area contributed by atoms with Crippen LogP contribution in [0.15, 0.2) is 0 Å². The van der Waals surface area contributed by atoms with E-state index in [1.165, 1.54) is 6.42 Å². The van der Waals surface area contributed by atoms with Gasteiger partial charge in [0.1, 0.15) is 0 Å². The summed E-state index contributed by atoms with van der Waals surface area (Å²) < 4.78 is 10.8. The van der Waals surface area contributed by atoms with Crippen LogP contribution in [0.5, 0.6) is 0 Å². The standard InChI is InChI=1S/C11H25NO2/c1-5-7-12-8-10-14-9-6-11(2,3)13-4/h12H,5-10H2,1-4H3. The summed E-state index contributed by atoms with van der Waals surface area (Å²) in [7, 11) is 1.74. The van der Waals surface area contributed by atoms with Crippen LogP contribution in [-0.2, 0) is 9.47 Å². The van der Waals surface area contributed by atoms with Crippen LogP contribution in [0, 0.1) is 0 Å². The van der Waals surface area contributed by atoms with Crippen molar-refractivity contribution in [2.75, 3.05) is 33.4 Å². The fourth-order valence-electron chi connectivity index (χ4n) is 0.968. The second-order valence-corrected chi connectivity index (χ2v) is 4.08. The van der Waals surface area contributed by atoms with Gasteiger partial charge in [-0.2, -0.15) is 0 Å². The number of nitrogens with one attached hydrogen (secondary N) is 1. The van der Waals surface area contributed by atoms with E-state index in [2.05, 4.69) is 26.1 Å². The van der Waals surface area contributed by atoms with Crippen molar-refractivity contribution >= 4 is 0 Å². The molecule has 3 heteroatoms. The molecule has 86 valence electrons. The first-order valence-electron chi connectivity index (χ1n) is 5.46. The lowest BCUT2D eigenvalue weighted by Gasteiger charge is -2.22. The van der Waals surface area contributed by atoms with E-state index in [-0.39, 0.29) is 5.60 Å². The minimum absolute atomic E-state index is 0.0587. The van der Waals surface area contributed by atoms with Gasteiger partial charge in [0.25, 0.3) is 0 Å². The predicted molar refractivity (Wildman–Crippen MR) is 59.7 cm³/mol. The highest BCUT2D eigenvalue weighted by molar-refractivity contribution is 4.66. The Morgan fingerprint density at radius 2 is 1.86 bits per heavy atom. The maximum Gasteiger partial charge on any atom is 0.0644 e. The predicted octanol–water partition coefficient (Wildman–Crippen LogP) is 1.82. The number of rotatable bonds is 9. The third-order valence-corrected chi connectivity index (χ3v) is 2.25. The Kier molecular flexibility index (Phi) is 8.14. The van der Waals surface area contributed by atoms with Crippen LogP contribution in [0.2, 0.25) is 0 Å². The molecule has 0 aliphatic carbocycles. The Bertz CT molecular complexity index is 126. The Labute approximate surface area is 88.2 Å². The maximum atomic E-state index is 5.48. The van der Waals surface area contributed by atoms with Gasteiger partial charge in [-0.15, -0.1) is 0 Å². The zero-order valence-electron chi connectivity index (χ0n) is 10.1. The molecule has 1 N–H and O–H groups in total. The van der Waals surface area contributed by atoms with E-state index in [0.29, 0.717) is 0 Å². The molecule has 0 rings (SSSR count). The molecular formula is C11H25NO2. The summed E-state index contributed by atoms with van der Waals surface area (Å²) in [5, 5.41) is 3.29. The van der Waals surface area contributed by atoms with Gasteiger partial charge in [0.2, 0.25) is 0 Å². The summed E-state index contributed by atoms with van der Waals surface area (Å²) in [5.41, 5.74) is -0.0587. The molecule has 14 heavy (non-hydrogen) atoms. The molecule has 0 heterocycles. The molecule has 0 spiro atoms. The average Bonchev–Trinajstić information content (AvgIpc) is 2.16. The summed E-state index contributed by atoms with van der Waals surface area (Å²) in [4.78, 5) is 0. The lowest BCUT2D eigenvalue weighted by Crippen LogP contribution is -2.26. The first kappa shape index (κ1) is 13.9. The van der Waals surface area contributed by atoms with Gasteiger partial charge in [-0.1, -0.05) is 6.92 Å². The molecule has 0 atom stereocenters. The van der Waals surface area contributed by atoms with Crippen molar-refractivity contribution in [3.8, 4) is 0 Å². The van der Waals surface area contributed by atoms with Gasteiger partial charge in [0, 0.05) is 20.3 Å². The average molecular weight is 203 g/mol. The molecular weight excluding hydrogens is 178 g/mol. The van der Waals surface area contributed by atoms with E-state index in [4.69, 9.17) is 9.47 Å². The zero-order chi connectivity index (χ0) is 10.9. The van der Waals surface area contributed by atoms with Crippen LogP contribution in [0.3, 0.4) is 0 Å². The Hall–Kier alpha value is -0.120. The molecule has 0 aromatic heterocycles. The van der Waals surface area contributed by atoms with E-state index < -0.39 is 0 Å². The summed E-state index contributed by atoms with van der Waals surface area (Å²) in [5.74, 6) is 0. The van der Waals surface area contributed by atoms with Gasteiger partial charge in [-0.05, 0) is 33.2 Å². The second-order valence-electron chi connectivity index (χ2n) is 4.08. The van der Waals surface area contributed by atoms with Crippen molar-refractivity contribution in [2.24, 2.45) is 0 Å². The van der Waals surface area contributed by atoms with Crippen LogP contribution >= 0.6 is 0 Å². The van der Waals surface area contributed by atoms with Crippen LogP contribution < -0.4 is 5.32 Å². The smallest absolute Gasteiger partial charge is 0.0644 e. The van der Waals surface area contributed by atoms with E-state index in [9.17, 15) is 0 Å². The number of methoxy groups -OCH3 is 1. The van der Waals surface area contributed by atoms with Gasteiger partial charge >= 0.3 is 0 Å². The van der Waals surface area contributed by atoms with Gasteiger partial charge in [0.15, 0.2) is 0 Å². The van der Waals surface area contributed by atoms with Crippen molar-refractivity contribution < 1.29 is 9.47 Å². The minimum Gasteiger partial charge on any atom is -0.380 e. The first-order valence-corrected chi connectivity index (χ1v) is 5.46. The molecule has 0 aliphatic heterocycles. The van der Waals surface area contributed by atoms with Crippen molar-refractivity contribution in [1.82, 2.24) is 5.32 Å².